The number of benzene rings is 2. The van der Waals surface area contributed by atoms with E-state index in [1.54, 1.807) is 19.1 Å². The van der Waals surface area contributed by atoms with Crippen LogP contribution >= 0.6 is 11.8 Å². The maximum Gasteiger partial charge on any atom is 0.264 e. The number of nitrogens with one attached hydrogen (secondary N) is 1. The smallest absolute Gasteiger partial charge is 0.264 e. The van der Waals surface area contributed by atoms with Crippen molar-refractivity contribution in [3.63, 3.8) is 0 Å². The third-order valence-electron chi connectivity index (χ3n) is 6.53. The summed E-state index contributed by atoms with van der Waals surface area (Å²) in [6.45, 7) is 4.67. The Hall–Kier alpha value is -2.93. The van der Waals surface area contributed by atoms with Crippen LogP contribution in [0, 0.1) is 5.92 Å². The highest BCUT2D eigenvalue weighted by atomic mass is 32.2. The number of thioether (sulfide) groups is 1. The van der Waals surface area contributed by atoms with Gasteiger partial charge in [0.1, 0.15) is 0 Å². The molecule has 2 aliphatic rings. The minimum atomic E-state index is -0.108. The number of hydrogen-bond donors (Lipinski definition) is 1. The van der Waals surface area contributed by atoms with Crippen molar-refractivity contribution < 1.29 is 19.1 Å². The summed E-state index contributed by atoms with van der Waals surface area (Å²) in [4.78, 5) is 29.2. The van der Waals surface area contributed by atoms with Gasteiger partial charge in [-0.1, -0.05) is 37.6 Å². The molecule has 0 unspecified atom stereocenters. The molecule has 1 aliphatic heterocycles. The molecular weight excluding hydrogens is 448 g/mol. The van der Waals surface area contributed by atoms with E-state index >= 15 is 0 Å². The molecule has 1 heterocycles. The van der Waals surface area contributed by atoms with Crippen LogP contribution in [0.25, 0.3) is 6.08 Å². The van der Waals surface area contributed by atoms with Gasteiger partial charge in [-0.25, -0.2) is 0 Å². The monoisotopic (exact) mass is 480 g/mol. The van der Waals surface area contributed by atoms with Crippen LogP contribution in [0.4, 0.5) is 5.69 Å². The van der Waals surface area contributed by atoms with E-state index in [0.29, 0.717) is 34.5 Å². The van der Waals surface area contributed by atoms with Gasteiger partial charge in [0.15, 0.2) is 11.5 Å². The summed E-state index contributed by atoms with van der Waals surface area (Å²) in [7, 11) is 3.35. The van der Waals surface area contributed by atoms with Crippen LogP contribution in [-0.4, -0.2) is 38.6 Å². The molecule has 6 nitrogen and oxygen atoms in total. The minimum absolute atomic E-state index is 0.0739. The Morgan fingerprint density at radius 2 is 1.97 bits per heavy atom. The molecule has 1 N–H and O–H groups in total. The van der Waals surface area contributed by atoms with Gasteiger partial charge in [0, 0.05) is 23.5 Å². The largest absolute Gasteiger partial charge is 0.493 e. The quantitative estimate of drug-likeness (QED) is 0.552. The lowest BCUT2D eigenvalue weighted by Crippen LogP contribution is -2.41. The van der Waals surface area contributed by atoms with E-state index in [1.165, 1.54) is 18.2 Å². The number of amides is 2. The summed E-state index contributed by atoms with van der Waals surface area (Å²) in [6, 6.07) is 11.4. The summed E-state index contributed by atoms with van der Waals surface area (Å²) in [5, 5.41) is 3.20. The maximum absolute atomic E-state index is 13.1. The van der Waals surface area contributed by atoms with Gasteiger partial charge in [0.2, 0.25) is 0 Å². The standard InChI is InChI=1S/C27H32N2O4S/c1-5-33-22-12-10-18(14-23(22)32-4)15-25-27(31)29(3)21-16-19(11-13-24(21)34-25)26(30)28-20-9-7-6-8-17(20)2/h10-17,20H,5-9H2,1-4H3,(H,28,30)/b25-15+/t17-,20-/m0/s1. The fraction of sp³-hybridized carbons (Fsp3) is 0.407. The molecule has 1 aliphatic carbocycles. The Morgan fingerprint density at radius 1 is 1.18 bits per heavy atom. The first kappa shape index (κ1) is 24.2. The van der Waals surface area contributed by atoms with Crippen molar-refractivity contribution in [3.05, 3.63) is 52.4 Å². The van der Waals surface area contributed by atoms with E-state index in [1.807, 2.05) is 49.4 Å². The number of ether oxygens (including phenoxy) is 2. The second-order valence-corrected chi connectivity index (χ2v) is 9.93. The Labute approximate surface area is 205 Å². The van der Waals surface area contributed by atoms with E-state index in [2.05, 4.69) is 12.2 Å². The number of hydrogen-bond acceptors (Lipinski definition) is 5. The van der Waals surface area contributed by atoms with Gasteiger partial charge in [-0.05, 0) is 67.7 Å². The molecule has 0 aromatic heterocycles. The van der Waals surface area contributed by atoms with Crippen molar-refractivity contribution in [3.8, 4) is 11.5 Å². The number of anilines is 1. The van der Waals surface area contributed by atoms with E-state index in [0.717, 1.165) is 35.4 Å². The number of likely N-dealkylation sites (N-methyl/N-ethyl adjacent to an activating group) is 1. The first-order valence-electron chi connectivity index (χ1n) is 11.8. The van der Waals surface area contributed by atoms with Crippen molar-refractivity contribution in [2.75, 3.05) is 25.7 Å². The zero-order valence-electron chi connectivity index (χ0n) is 20.2. The first-order valence-corrected chi connectivity index (χ1v) is 12.7. The van der Waals surface area contributed by atoms with Gasteiger partial charge in [0.25, 0.3) is 11.8 Å². The zero-order valence-corrected chi connectivity index (χ0v) is 21.0. The first-order chi connectivity index (χ1) is 16.4. The van der Waals surface area contributed by atoms with Crippen molar-refractivity contribution in [2.24, 2.45) is 5.92 Å². The van der Waals surface area contributed by atoms with Crippen LogP contribution < -0.4 is 19.7 Å². The number of fused-ring (bicyclic) bond motifs is 1. The number of methoxy groups -OCH3 is 1. The van der Waals surface area contributed by atoms with E-state index in [4.69, 9.17) is 9.47 Å². The van der Waals surface area contributed by atoms with Crippen molar-refractivity contribution in [2.45, 2.75) is 50.5 Å². The Bertz CT molecular complexity index is 1110. The normalized spacial score (nSPS) is 21.2. The molecule has 1 saturated carbocycles. The lowest BCUT2D eigenvalue weighted by Gasteiger charge is -2.30. The van der Waals surface area contributed by atoms with E-state index in [9.17, 15) is 9.59 Å². The van der Waals surface area contributed by atoms with Gasteiger partial charge in [-0.3, -0.25) is 9.59 Å². The molecule has 1 fully saturated rings. The maximum atomic E-state index is 13.1. The minimum Gasteiger partial charge on any atom is -0.493 e. The molecule has 0 bridgehead atoms. The molecule has 34 heavy (non-hydrogen) atoms. The molecule has 2 atom stereocenters. The number of carbonyl (C=O) groups excluding carboxylic acids is 2. The number of rotatable bonds is 6. The van der Waals surface area contributed by atoms with Crippen LogP contribution in [0.15, 0.2) is 46.2 Å². The summed E-state index contributed by atoms with van der Waals surface area (Å²) in [6.07, 6.45) is 6.42. The average molecular weight is 481 g/mol. The average Bonchev–Trinajstić information content (AvgIpc) is 2.84. The molecule has 0 saturated heterocycles. The van der Waals surface area contributed by atoms with Crippen LogP contribution in [0.1, 0.15) is 55.5 Å². The Balaban J connectivity index is 1.55. The second kappa shape index (κ2) is 10.6. The second-order valence-electron chi connectivity index (χ2n) is 8.84. The van der Waals surface area contributed by atoms with Gasteiger partial charge in [-0.15, -0.1) is 0 Å². The highest BCUT2D eigenvalue weighted by molar-refractivity contribution is 8.04. The molecule has 2 amide bonds. The predicted octanol–water partition coefficient (Wildman–Crippen LogP) is 5.51. The fourth-order valence-electron chi connectivity index (χ4n) is 4.52. The molecule has 2 aromatic rings. The third-order valence-corrected chi connectivity index (χ3v) is 7.61. The molecule has 2 aromatic carbocycles. The van der Waals surface area contributed by atoms with Crippen molar-refractivity contribution in [1.82, 2.24) is 5.32 Å². The predicted molar refractivity (Wildman–Crippen MR) is 137 cm³/mol. The zero-order chi connectivity index (χ0) is 24.2. The lowest BCUT2D eigenvalue weighted by molar-refractivity contribution is -0.114. The Kier molecular flexibility index (Phi) is 7.51. The molecule has 0 spiro atoms. The topological polar surface area (TPSA) is 67.9 Å². The van der Waals surface area contributed by atoms with Crippen LogP contribution in [0.5, 0.6) is 11.5 Å². The highest BCUT2D eigenvalue weighted by Crippen LogP contribution is 2.42. The van der Waals surface area contributed by atoms with Crippen LogP contribution in [-0.2, 0) is 4.79 Å². The lowest BCUT2D eigenvalue weighted by atomic mass is 9.86. The molecular formula is C27H32N2O4S. The van der Waals surface area contributed by atoms with Gasteiger partial charge >= 0.3 is 0 Å². The summed E-state index contributed by atoms with van der Waals surface area (Å²) < 4.78 is 11.0. The SMILES string of the molecule is CCOc1ccc(/C=C2/Sc3ccc(C(=O)N[C@H]4CCCC[C@@H]4C)cc3N(C)C2=O)cc1OC. The molecule has 180 valence electrons. The summed E-state index contributed by atoms with van der Waals surface area (Å²) in [5.41, 5.74) is 2.19. The third kappa shape index (κ3) is 5.09. The van der Waals surface area contributed by atoms with Crippen molar-refractivity contribution >= 4 is 35.3 Å². The highest BCUT2D eigenvalue weighted by Gasteiger charge is 2.28. The van der Waals surface area contributed by atoms with Crippen molar-refractivity contribution in [1.29, 1.82) is 0 Å². The fourth-order valence-corrected chi connectivity index (χ4v) is 5.61. The number of carbonyl (C=O) groups is 2. The van der Waals surface area contributed by atoms with E-state index < -0.39 is 0 Å². The molecule has 4 rings (SSSR count). The van der Waals surface area contributed by atoms with E-state index in [-0.39, 0.29) is 17.9 Å². The molecule has 7 heteroatoms. The number of nitrogens with zero attached hydrogens (tertiary/aromatic N) is 1. The van der Waals surface area contributed by atoms with Gasteiger partial charge in [-0.2, -0.15) is 0 Å². The van der Waals surface area contributed by atoms with Crippen LogP contribution in [0.2, 0.25) is 0 Å². The molecule has 0 radical (unpaired) electrons. The Morgan fingerprint density at radius 3 is 2.71 bits per heavy atom. The van der Waals surface area contributed by atoms with Crippen LogP contribution in [0.3, 0.4) is 0 Å². The summed E-state index contributed by atoms with van der Waals surface area (Å²) >= 11 is 1.41. The summed E-state index contributed by atoms with van der Waals surface area (Å²) in [5.74, 6) is 1.61. The van der Waals surface area contributed by atoms with Gasteiger partial charge in [0.05, 0.1) is 24.3 Å². The van der Waals surface area contributed by atoms with Gasteiger partial charge < -0.3 is 19.7 Å².